The van der Waals surface area contributed by atoms with Gasteiger partial charge in [0.2, 0.25) is 11.6 Å². The summed E-state index contributed by atoms with van der Waals surface area (Å²) in [7, 11) is -2.80. The van der Waals surface area contributed by atoms with E-state index >= 15 is 0 Å². The number of aliphatic hydroxyl groups is 1. The van der Waals surface area contributed by atoms with Crippen molar-refractivity contribution in [3.63, 3.8) is 0 Å². The molecule has 5 aliphatic rings. The fourth-order valence-corrected chi connectivity index (χ4v) is 13.8. The van der Waals surface area contributed by atoms with Gasteiger partial charge in [-0.2, -0.15) is 0 Å². The number of benzene rings is 2. The number of hydrogen-bond donors (Lipinski definition) is 1. The quantitative estimate of drug-likeness (QED) is 0.282. The number of rotatable bonds is 5. The van der Waals surface area contributed by atoms with Crippen molar-refractivity contribution in [2.24, 2.45) is 28.1 Å². The highest BCUT2D eigenvalue weighted by Crippen LogP contribution is 2.67. The zero-order valence-electron chi connectivity index (χ0n) is 25.4. The Morgan fingerprint density at radius 3 is 2.05 bits per heavy atom. The zero-order chi connectivity index (χ0) is 29.4. The summed E-state index contributed by atoms with van der Waals surface area (Å²) in [5.74, 6) is -0.821. The Kier molecular flexibility index (Phi) is 6.57. The van der Waals surface area contributed by atoms with Crippen LogP contribution in [0.1, 0.15) is 67.2 Å². The predicted octanol–water partition coefficient (Wildman–Crippen LogP) is 5.78. The van der Waals surface area contributed by atoms with Gasteiger partial charge in [0.25, 0.3) is 8.32 Å². The summed E-state index contributed by atoms with van der Waals surface area (Å²) in [6.07, 6.45) is 6.94. The van der Waals surface area contributed by atoms with E-state index in [0.717, 1.165) is 24.0 Å². The molecule has 0 amide bonds. The molecule has 0 aliphatic heterocycles. The van der Waals surface area contributed by atoms with E-state index in [0.29, 0.717) is 19.4 Å². The first-order valence-electron chi connectivity index (χ1n) is 15.3. The maximum atomic E-state index is 13.8. The van der Waals surface area contributed by atoms with Gasteiger partial charge >= 0.3 is 0 Å². The zero-order valence-corrected chi connectivity index (χ0v) is 26.4. The standard InChI is InChI=1S/C36H44O4Si/c1-33(2,3)41(25-13-9-7-10-14-25,26-15-11-8-12-16-26)40-23-24-22-36-20-17-28-34(4,5)30(37)18-19-35(28,6)29(36)21-27(24)31(38)32(36)39/h7-16,21-22,27-28,30,37H,17-20,23H2,1-6H3/t27-,28?,30?,35-,36-/m0/s1. The average molecular weight is 569 g/mol. The third-order valence-corrected chi connectivity index (χ3v) is 16.3. The minimum absolute atomic E-state index is 0.177. The van der Waals surface area contributed by atoms with E-state index < -0.39 is 19.7 Å². The fraction of sp³-hybridized carbons (Fsp3) is 0.500. The number of ketones is 2. The van der Waals surface area contributed by atoms with Crippen LogP contribution in [0, 0.1) is 28.1 Å². The normalized spacial score (nSPS) is 32.6. The van der Waals surface area contributed by atoms with E-state index in [9.17, 15) is 14.7 Å². The van der Waals surface area contributed by atoms with Crippen LogP contribution < -0.4 is 10.4 Å². The molecule has 1 N–H and O–H groups in total. The molecule has 2 unspecified atom stereocenters. The molecule has 5 aliphatic carbocycles. The molecule has 4 nitrogen and oxygen atoms in total. The number of fused-ring (bicyclic) bond motifs is 2. The van der Waals surface area contributed by atoms with E-state index in [4.69, 9.17) is 4.43 Å². The summed E-state index contributed by atoms with van der Waals surface area (Å²) in [5.41, 5.74) is 0.738. The maximum Gasteiger partial charge on any atom is 0.261 e. The van der Waals surface area contributed by atoms with Crippen LogP contribution in [0.15, 0.2) is 84.0 Å². The third kappa shape index (κ3) is 3.92. The van der Waals surface area contributed by atoms with E-state index in [1.807, 2.05) is 12.1 Å². The van der Waals surface area contributed by atoms with Crippen LogP contribution in [0.3, 0.4) is 0 Å². The molecule has 0 radical (unpaired) electrons. The van der Waals surface area contributed by atoms with Crippen LogP contribution in [0.5, 0.6) is 0 Å². The van der Waals surface area contributed by atoms with Gasteiger partial charge in [0.15, 0.2) is 0 Å². The van der Waals surface area contributed by atoms with E-state index in [-0.39, 0.29) is 39.5 Å². The molecule has 2 bridgehead atoms. The van der Waals surface area contributed by atoms with Crippen molar-refractivity contribution >= 4 is 30.3 Å². The molecular formula is C36H44O4Si. The van der Waals surface area contributed by atoms with Gasteiger partial charge in [-0.1, -0.05) is 114 Å². The minimum Gasteiger partial charge on any atom is -0.403 e. The Balaban J connectivity index is 1.42. The molecule has 0 heterocycles. The molecule has 1 spiro atoms. The van der Waals surface area contributed by atoms with Crippen LogP contribution in [-0.2, 0) is 14.0 Å². The van der Waals surface area contributed by atoms with Gasteiger partial charge in [-0.15, -0.1) is 0 Å². The Hall–Kier alpha value is -2.60. The minimum atomic E-state index is -2.80. The summed E-state index contributed by atoms with van der Waals surface area (Å²) in [4.78, 5) is 27.5. The maximum absolute atomic E-state index is 13.8. The monoisotopic (exact) mass is 568 g/mol. The van der Waals surface area contributed by atoms with Crippen LogP contribution in [0.25, 0.3) is 0 Å². The second kappa shape index (κ2) is 9.45. The largest absolute Gasteiger partial charge is 0.403 e. The van der Waals surface area contributed by atoms with Crippen LogP contribution in [0.4, 0.5) is 0 Å². The van der Waals surface area contributed by atoms with Crippen molar-refractivity contribution in [1.29, 1.82) is 0 Å². The molecule has 7 rings (SSSR count). The molecule has 0 aromatic heterocycles. The Morgan fingerprint density at radius 2 is 1.49 bits per heavy atom. The Morgan fingerprint density at radius 1 is 0.902 bits per heavy atom. The van der Waals surface area contributed by atoms with Crippen LogP contribution in [0.2, 0.25) is 5.04 Å². The van der Waals surface area contributed by atoms with E-state index in [1.165, 1.54) is 10.4 Å². The lowest BCUT2D eigenvalue weighted by molar-refractivity contribution is -0.149. The molecule has 5 heteroatoms. The first-order valence-corrected chi connectivity index (χ1v) is 17.2. The number of allylic oxidation sites excluding steroid dienone is 3. The Bertz CT molecular complexity index is 1390. The number of Topliss-reactive ketones (excluding diaryl/α,β-unsaturated/α-hetero) is 2. The summed E-state index contributed by atoms with van der Waals surface area (Å²) < 4.78 is 7.24. The smallest absolute Gasteiger partial charge is 0.261 e. The first-order chi connectivity index (χ1) is 19.3. The molecular weight excluding hydrogens is 524 g/mol. The van der Waals surface area contributed by atoms with E-state index in [1.54, 1.807) is 0 Å². The second-order valence-corrected chi connectivity index (χ2v) is 19.1. The summed E-state index contributed by atoms with van der Waals surface area (Å²) >= 11 is 0. The van der Waals surface area contributed by atoms with Crippen molar-refractivity contribution in [3.05, 3.63) is 84.0 Å². The molecule has 0 saturated heterocycles. The van der Waals surface area contributed by atoms with Gasteiger partial charge in [0, 0.05) is 0 Å². The fourth-order valence-electron chi connectivity index (χ4n) is 9.23. The molecule has 5 atom stereocenters. The molecule has 2 saturated carbocycles. The van der Waals surface area contributed by atoms with Crippen molar-refractivity contribution in [1.82, 2.24) is 0 Å². The van der Waals surface area contributed by atoms with Crippen molar-refractivity contribution in [2.45, 2.75) is 78.4 Å². The van der Waals surface area contributed by atoms with Crippen molar-refractivity contribution < 1.29 is 19.1 Å². The predicted molar refractivity (Wildman–Crippen MR) is 166 cm³/mol. The lowest BCUT2D eigenvalue weighted by Crippen LogP contribution is -2.67. The molecule has 41 heavy (non-hydrogen) atoms. The highest BCUT2D eigenvalue weighted by molar-refractivity contribution is 6.99. The highest BCUT2D eigenvalue weighted by Gasteiger charge is 2.65. The van der Waals surface area contributed by atoms with Gasteiger partial charge in [-0.05, 0) is 69.0 Å². The van der Waals surface area contributed by atoms with Crippen LogP contribution in [-0.4, -0.2) is 37.7 Å². The number of carbonyl (C=O) groups is 2. The highest BCUT2D eigenvalue weighted by atomic mass is 28.4. The lowest BCUT2D eigenvalue weighted by Gasteiger charge is -2.62. The number of hydrogen-bond acceptors (Lipinski definition) is 4. The second-order valence-electron chi connectivity index (χ2n) is 14.8. The van der Waals surface area contributed by atoms with E-state index in [2.05, 4.69) is 102 Å². The van der Waals surface area contributed by atoms with Crippen molar-refractivity contribution in [3.8, 4) is 0 Å². The number of carbonyl (C=O) groups excluding carboxylic acids is 2. The van der Waals surface area contributed by atoms with Crippen LogP contribution >= 0.6 is 0 Å². The van der Waals surface area contributed by atoms with Crippen molar-refractivity contribution in [2.75, 3.05) is 6.61 Å². The van der Waals surface area contributed by atoms with Gasteiger partial charge in [0.05, 0.1) is 24.0 Å². The molecule has 216 valence electrons. The molecule has 2 aromatic rings. The van der Waals surface area contributed by atoms with Gasteiger partial charge in [-0.3, -0.25) is 9.59 Å². The summed E-state index contributed by atoms with van der Waals surface area (Å²) in [6.45, 7) is 13.7. The van der Waals surface area contributed by atoms with Gasteiger partial charge < -0.3 is 9.53 Å². The average Bonchev–Trinajstić information content (AvgIpc) is 2.94. The van der Waals surface area contributed by atoms with Gasteiger partial charge in [-0.25, -0.2) is 0 Å². The third-order valence-electron chi connectivity index (χ3n) is 11.3. The summed E-state index contributed by atoms with van der Waals surface area (Å²) in [5, 5.41) is 13.1. The summed E-state index contributed by atoms with van der Waals surface area (Å²) in [6, 6.07) is 21.1. The SMILES string of the molecule is CC1(C)C(O)CC[C@]2(C)C3=C[C@@H]4C(=O)C(=O)[C@]3(C=C4CO[Si](c3ccccc3)(c3ccccc3)C(C)(C)C)CCC12. The first kappa shape index (κ1) is 28.5. The Labute approximate surface area is 246 Å². The lowest BCUT2D eigenvalue weighted by atomic mass is 9.41. The van der Waals surface area contributed by atoms with Gasteiger partial charge in [0.1, 0.15) is 0 Å². The number of aliphatic hydroxyl groups excluding tert-OH is 1. The topological polar surface area (TPSA) is 63.6 Å². The molecule has 2 fully saturated rings. The molecule has 2 aromatic carbocycles.